The number of aromatic nitrogens is 2. The average molecular weight is 320 g/mol. The number of carbonyl (C=O) groups is 3. The van der Waals surface area contributed by atoms with Crippen LogP contribution in [0.1, 0.15) is 60.8 Å². The Morgan fingerprint density at radius 1 is 1.22 bits per heavy atom. The van der Waals surface area contributed by atoms with E-state index in [-0.39, 0.29) is 18.2 Å². The molecular formula is C16H24N4O3. The van der Waals surface area contributed by atoms with Crippen molar-refractivity contribution >= 4 is 17.6 Å². The lowest BCUT2D eigenvalue weighted by atomic mass is 9.81. The molecule has 1 fully saturated rings. The number of rotatable bonds is 5. The number of primary amides is 1. The average Bonchev–Trinajstić information content (AvgIpc) is 2.73. The van der Waals surface area contributed by atoms with Gasteiger partial charge in [-0.3, -0.25) is 19.1 Å². The molecule has 0 radical (unpaired) electrons. The van der Waals surface area contributed by atoms with Crippen molar-refractivity contribution in [1.82, 2.24) is 15.1 Å². The van der Waals surface area contributed by atoms with Gasteiger partial charge in [0.1, 0.15) is 12.1 Å². The number of carbonyl (C=O) groups excluding carboxylic acids is 3. The number of nitrogens with zero attached hydrogens (tertiary/aromatic N) is 2. The molecule has 0 aromatic carbocycles. The van der Waals surface area contributed by atoms with E-state index in [0.29, 0.717) is 29.8 Å². The Morgan fingerprint density at radius 3 is 2.30 bits per heavy atom. The summed E-state index contributed by atoms with van der Waals surface area (Å²) in [6.45, 7) is 4.94. The van der Waals surface area contributed by atoms with Crippen LogP contribution in [0.15, 0.2) is 0 Å². The van der Waals surface area contributed by atoms with Gasteiger partial charge in [0.2, 0.25) is 11.8 Å². The molecular weight excluding hydrogens is 296 g/mol. The zero-order valence-corrected chi connectivity index (χ0v) is 13.9. The van der Waals surface area contributed by atoms with E-state index in [1.54, 1.807) is 13.8 Å². The lowest BCUT2D eigenvalue weighted by Crippen LogP contribution is -2.59. The van der Waals surface area contributed by atoms with Gasteiger partial charge >= 0.3 is 0 Å². The molecule has 0 aliphatic heterocycles. The van der Waals surface area contributed by atoms with Crippen LogP contribution in [0.4, 0.5) is 0 Å². The predicted octanol–water partition coefficient (Wildman–Crippen LogP) is 1.01. The molecule has 3 N–H and O–H groups in total. The van der Waals surface area contributed by atoms with Crippen LogP contribution < -0.4 is 11.1 Å². The maximum atomic E-state index is 12.4. The topological polar surface area (TPSA) is 107 Å². The Hall–Kier alpha value is -2.18. The third kappa shape index (κ3) is 3.43. The van der Waals surface area contributed by atoms with Crippen LogP contribution in [-0.2, 0) is 16.1 Å². The van der Waals surface area contributed by atoms with Crippen molar-refractivity contribution < 1.29 is 14.4 Å². The van der Waals surface area contributed by atoms with Crippen LogP contribution in [0.5, 0.6) is 0 Å². The Kier molecular flexibility index (Phi) is 4.87. The summed E-state index contributed by atoms with van der Waals surface area (Å²) in [5, 5.41) is 7.06. The van der Waals surface area contributed by atoms with Gasteiger partial charge in [0.25, 0.3) is 0 Å². The van der Waals surface area contributed by atoms with Gasteiger partial charge in [-0.05, 0) is 33.6 Å². The summed E-state index contributed by atoms with van der Waals surface area (Å²) in [5.74, 6) is -0.873. The van der Waals surface area contributed by atoms with Gasteiger partial charge in [-0.1, -0.05) is 19.3 Å². The molecule has 0 unspecified atom stereocenters. The van der Waals surface area contributed by atoms with E-state index >= 15 is 0 Å². The van der Waals surface area contributed by atoms with Crippen LogP contribution in [0, 0.1) is 13.8 Å². The largest absolute Gasteiger partial charge is 0.368 e. The van der Waals surface area contributed by atoms with E-state index in [2.05, 4.69) is 10.4 Å². The number of nitrogens with two attached hydrogens (primary N) is 1. The van der Waals surface area contributed by atoms with Gasteiger partial charge in [-0.15, -0.1) is 0 Å². The lowest BCUT2D eigenvalue weighted by molar-refractivity contribution is -0.133. The molecule has 1 saturated carbocycles. The second kappa shape index (κ2) is 6.52. The Labute approximate surface area is 135 Å². The van der Waals surface area contributed by atoms with Gasteiger partial charge in [0.05, 0.1) is 11.3 Å². The highest BCUT2D eigenvalue weighted by atomic mass is 16.2. The fraction of sp³-hybridized carbons (Fsp3) is 0.625. The van der Waals surface area contributed by atoms with Crippen molar-refractivity contribution in [2.45, 2.75) is 65.0 Å². The SMILES string of the molecule is CC(=O)c1c(C)nn(CC(=O)NC2(C(N)=O)CCCCC2)c1C. The molecule has 7 heteroatoms. The molecule has 1 aromatic rings. The molecule has 0 spiro atoms. The predicted molar refractivity (Wildman–Crippen MR) is 84.9 cm³/mol. The molecule has 2 rings (SSSR count). The molecule has 126 valence electrons. The quantitative estimate of drug-likeness (QED) is 0.789. The van der Waals surface area contributed by atoms with E-state index in [1.807, 2.05) is 0 Å². The first-order valence-electron chi connectivity index (χ1n) is 7.93. The first-order valence-corrected chi connectivity index (χ1v) is 7.93. The summed E-state index contributed by atoms with van der Waals surface area (Å²) in [4.78, 5) is 35.8. The Morgan fingerprint density at radius 2 is 1.83 bits per heavy atom. The first-order chi connectivity index (χ1) is 10.8. The fourth-order valence-corrected chi connectivity index (χ4v) is 3.39. The molecule has 1 aliphatic rings. The van der Waals surface area contributed by atoms with E-state index in [1.165, 1.54) is 11.6 Å². The van der Waals surface area contributed by atoms with Crippen LogP contribution >= 0.6 is 0 Å². The highest BCUT2D eigenvalue weighted by Crippen LogP contribution is 2.28. The number of hydrogen-bond acceptors (Lipinski definition) is 4. The number of amides is 2. The highest BCUT2D eigenvalue weighted by molar-refractivity contribution is 5.96. The zero-order chi connectivity index (χ0) is 17.2. The van der Waals surface area contributed by atoms with E-state index in [4.69, 9.17) is 5.73 Å². The van der Waals surface area contributed by atoms with E-state index in [0.717, 1.165) is 19.3 Å². The van der Waals surface area contributed by atoms with Crippen molar-refractivity contribution in [2.75, 3.05) is 0 Å². The molecule has 0 atom stereocenters. The van der Waals surface area contributed by atoms with Crippen LogP contribution in [0.3, 0.4) is 0 Å². The smallest absolute Gasteiger partial charge is 0.243 e. The minimum atomic E-state index is -0.950. The monoisotopic (exact) mass is 320 g/mol. The third-order valence-corrected chi connectivity index (χ3v) is 4.58. The molecule has 1 aliphatic carbocycles. The van der Waals surface area contributed by atoms with Crippen molar-refractivity contribution in [3.8, 4) is 0 Å². The molecule has 0 bridgehead atoms. The summed E-state index contributed by atoms with van der Waals surface area (Å²) >= 11 is 0. The van der Waals surface area contributed by atoms with E-state index in [9.17, 15) is 14.4 Å². The standard InChI is InChI=1S/C16H24N4O3/c1-10-14(12(3)21)11(2)20(19-10)9-13(22)18-16(15(17)23)7-5-4-6-8-16/h4-9H2,1-3H3,(H2,17,23)(H,18,22). The second-order valence-electron chi connectivity index (χ2n) is 6.31. The third-order valence-electron chi connectivity index (χ3n) is 4.58. The minimum absolute atomic E-state index is 0.0328. The van der Waals surface area contributed by atoms with Gasteiger partial charge < -0.3 is 11.1 Å². The van der Waals surface area contributed by atoms with Crippen LogP contribution in [0.25, 0.3) is 0 Å². The lowest BCUT2D eigenvalue weighted by Gasteiger charge is -2.35. The van der Waals surface area contributed by atoms with Crippen molar-refractivity contribution in [1.29, 1.82) is 0 Å². The Balaban J connectivity index is 2.14. The maximum Gasteiger partial charge on any atom is 0.243 e. The number of Topliss-reactive ketones (excluding diaryl/α,β-unsaturated/α-hetero) is 1. The molecule has 0 saturated heterocycles. The van der Waals surface area contributed by atoms with Gasteiger partial charge in [-0.2, -0.15) is 5.10 Å². The summed E-state index contributed by atoms with van der Waals surface area (Å²) in [5.41, 5.74) is 6.37. The summed E-state index contributed by atoms with van der Waals surface area (Å²) in [6, 6.07) is 0. The minimum Gasteiger partial charge on any atom is -0.368 e. The number of nitrogens with one attached hydrogen (secondary N) is 1. The molecule has 2 amide bonds. The number of aryl methyl sites for hydroxylation is 1. The van der Waals surface area contributed by atoms with Crippen LogP contribution in [-0.4, -0.2) is 32.9 Å². The Bertz CT molecular complexity index is 642. The molecule has 1 heterocycles. The van der Waals surface area contributed by atoms with Crippen molar-refractivity contribution in [3.63, 3.8) is 0 Å². The second-order valence-corrected chi connectivity index (χ2v) is 6.31. The van der Waals surface area contributed by atoms with Gasteiger partial charge in [0.15, 0.2) is 5.78 Å². The van der Waals surface area contributed by atoms with Crippen molar-refractivity contribution in [2.24, 2.45) is 5.73 Å². The van der Waals surface area contributed by atoms with Gasteiger partial charge in [-0.25, -0.2) is 0 Å². The molecule has 7 nitrogen and oxygen atoms in total. The normalized spacial score (nSPS) is 16.8. The van der Waals surface area contributed by atoms with Crippen LogP contribution in [0.2, 0.25) is 0 Å². The highest BCUT2D eigenvalue weighted by Gasteiger charge is 2.39. The zero-order valence-electron chi connectivity index (χ0n) is 13.9. The fourth-order valence-electron chi connectivity index (χ4n) is 3.39. The number of hydrogen-bond donors (Lipinski definition) is 2. The molecule has 1 aromatic heterocycles. The summed E-state index contributed by atoms with van der Waals surface area (Å²) in [6.07, 6.45) is 3.94. The van der Waals surface area contributed by atoms with Crippen molar-refractivity contribution in [3.05, 3.63) is 17.0 Å². The number of ketones is 1. The summed E-state index contributed by atoms with van der Waals surface area (Å²) < 4.78 is 1.50. The molecule has 23 heavy (non-hydrogen) atoms. The first kappa shape index (κ1) is 17.2. The summed E-state index contributed by atoms with van der Waals surface area (Å²) in [7, 11) is 0. The maximum absolute atomic E-state index is 12.4. The van der Waals surface area contributed by atoms with E-state index < -0.39 is 11.4 Å². The van der Waals surface area contributed by atoms with Gasteiger partial charge in [0, 0.05) is 5.69 Å².